The Kier molecular flexibility index (Phi) is 3.06. The number of rotatable bonds is 2. The third-order valence-corrected chi connectivity index (χ3v) is 12.0. The van der Waals surface area contributed by atoms with E-state index in [0.29, 0.717) is 0 Å². The van der Waals surface area contributed by atoms with Crippen LogP contribution in [-0.2, 0) is 0 Å². The van der Waals surface area contributed by atoms with Crippen LogP contribution in [0.5, 0.6) is 0 Å². The van der Waals surface area contributed by atoms with E-state index in [2.05, 4.69) is 35.0 Å². The topological polar surface area (TPSA) is 0 Å². The number of thiophene rings is 2. The van der Waals surface area contributed by atoms with Crippen LogP contribution < -0.4 is 0 Å². The van der Waals surface area contributed by atoms with Gasteiger partial charge in [-0.25, -0.2) is 0 Å². The average Bonchev–Trinajstić information content (AvgIpc) is 2.77. The first-order chi connectivity index (χ1) is 5.88. The molecule has 0 N–H and O–H groups in total. The minimum absolute atomic E-state index is 1.38. The van der Waals surface area contributed by atoms with Gasteiger partial charge in [-0.2, -0.15) is 0 Å². The van der Waals surface area contributed by atoms with Gasteiger partial charge in [0.2, 0.25) is 0 Å². The summed E-state index contributed by atoms with van der Waals surface area (Å²) in [6, 6.07) is 8.42. The van der Waals surface area contributed by atoms with Crippen molar-refractivity contribution in [2.24, 2.45) is 0 Å². The van der Waals surface area contributed by atoms with Gasteiger partial charge < -0.3 is 0 Å². The summed E-state index contributed by atoms with van der Waals surface area (Å²) in [4.78, 5) is 0. The second kappa shape index (κ2) is 4.09. The molecule has 0 nitrogen and oxygen atoms in total. The monoisotopic (exact) mass is 328 g/mol. The van der Waals surface area contributed by atoms with Crippen LogP contribution in [0.25, 0.3) is 0 Å². The molecule has 0 spiro atoms. The zero-order valence-corrected chi connectivity index (χ0v) is 10.6. The van der Waals surface area contributed by atoms with Crippen molar-refractivity contribution in [3.8, 4) is 0 Å². The van der Waals surface area contributed by atoms with Gasteiger partial charge in [-0.1, -0.05) is 0 Å². The van der Waals surface area contributed by atoms with E-state index in [4.69, 9.17) is 8.91 Å². The third kappa shape index (κ3) is 1.84. The van der Waals surface area contributed by atoms with Crippen molar-refractivity contribution in [1.82, 2.24) is 0 Å². The van der Waals surface area contributed by atoms with E-state index in [-0.39, 0.29) is 0 Å². The number of hydrogen-bond acceptors (Lipinski definition) is 2. The van der Waals surface area contributed by atoms with Crippen LogP contribution in [-0.4, -0.2) is 0 Å². The van der Waals surface area contributed by atoms with Crippen molar-refractivity contribution in [3.63, 3.8) is 0 Å². The summed E-state index contributed by atoms with van der Waals surface area (Å²) in [5, 5.41) is 4.19. The van der Waals surface area contributed by atoms with Gasteiger partial charge in [-0.3, -0.25) is 0 Å². The van der Waals surface area contributed by atoms with E-state index in [1.54, 1.807) is 22.7 Å². The van der Waals surface area contributed by atoms with Crippen LogP contribution in [0.3, 0.4) is 0 Å². The van der Waals surface area contributed by atoms with Crippen LogP contribution in [0.15, 0.2) is 35.0 Å². The standard InChI is InChI=1S/C8H6ClIS2/c9-10(7-3-1-5-11-7)8-4-2-6-12-8/h1-6H. The van der Waals surface area contributed by atoms with Gasteiger partial charge in [0.15, 0.2) is 0 Å². The van der Waals surface area contributed by atoms with E-state index in [1.807, 2.05) is 0 Å². The summed E-state index contributed by atoms with van der Waals surface area (Å²) in [6.45, 7) is 0. The molecule has 0 aliphatic heterocycles. The molecule has 0 fully saturated rings. The Hall–Kier alpha value is 0.420. The molecule has 2 aromatic heterocycles. The second-order valence-corrected chi connectivity index (χ2v) is 11.0. The fourth-order valence-corrected chi connectivity index (χ4v) is 9.07. The van der Waals surface area contributed by atoms with Crippen molar-refractivity contribution in [2.75, 3.05) is 0 Å². The molecule has 4 heteroatoms. The quantitative estimate of drug-likeness (QED) is 0.712. The predicted octanol–water partition coefficient (Wildman–Crippen LogP) is 4.51. The average molecular weight is 329 g/mol. The molecule has 0 unspecified atom stereocenters. The molecule has 0 atom stereocenters. The predicted molar refractivity (Wildman–Crippen MR) is 65.9 cm³/mol. The maximum absolute atomic E-state index is 6.39. The Bertz CT molecular complexity index is 294. The summed E-state index contributed by atoms with van der Waals surface area (Å²) in [7, 11) is 6.39. The van der Waals surface area contributed by atoms with Crippen molar-refractivity contribution >= 4 is 50.3 Å². The zero-order valence-electron chi connectivity index (χ0n) is 6.04. The fraction of sp³-hybridized carbons (Fsp3) is 0. The number of halogens is 2. The maximum atomic E-state index is 6.39. The van der Waals surface area contributed by atoms with E-state index in [0.717, 1.165) is 0 Å². The van der Waals surface area contributed by atoms with E-state index >= 15 is 0 Å². The minimum atomic E-state index is -1.49. The Labute approximate surface area is 90.3 Å². The van der Waals surface area contributed by atoms with Gasteiger partial charge in [-0.05, 0) is 0 Å². The molecule has 64 valence electrons. The van der Waals surface area contributed by atoms with Crippen LogP contribution in [0.1, 0.15) is 0 Å². The molecular weight excluding hydrogens is 323 g/mol. The summed E-state index contributed by atoms with van der Waals surface area (Å²) >= 11 is 2.06. The van der Waals surface area contributed by atoms with Crippen LogP contribution in [0.4, 0.5) is 0 Å². The van der Waals surface area contributed by atoms with Gasteiger partial charge in [0, 0.05) is 0 Å². The van der Waals surface area contributed by atoms with E-state index in [9.17, 15) is 0 Å². The molecule has 0 aliphatic rings. The molecule has 0 aliphatic carbocycles. The molecular formula is C8H6ClIS2. The fourth-order valence-electron chi connectivity index (χ4n) is 0.798. The SMILES string of the molecule is ClI(c1cccs1)c1cccs1. The van der Waals surface area contributed by atoms with Crippen LogP contribution in [0, 0.1) is 5.77 Å². The molecule has 2 rings (SSSR count). The molecule has 0 saturated carbocycles. The van der Waals surface area contributed by atoms with Gasteiger partial charge in [0.25, 0.3) is 0 Å². The third-order valence-electron chi connectivity index (χ3n) is 1.30. The summed E-state index contributed by atoms with van der Waals surface area (Å²) in [5.41, 5.74) is 0. The Morgan fingerprint density at radius 3 is 1.83 bits per heavy atom. The summed E-state index contributed by atoms with van der Waals surface area (Å²) in [6.07, 6.45) is 0. The van der Waals surface area contributed by atoms with E-state index in [1.165, 1.54) is 5.77 Å². The normalized spacial score (nSPS) is 11.6. The molecule has 2 heterocycles. The van der Waals surface area contributed by atoms with Gasteiger partial charge >= 0.3 is 91.1 Å². The summed E-state index contributed by atoms with van der Waals surface area (Å²) < 4.78 is 2.76. The Morgan fingerprint density at radius 1 is 1.00 bits per heavy atom. The Morgan fingerprint density at radius 2 is 1.50 bits per heavy atom. The van der Waals surface area contributed by atoms with E-state index < -0.39 is 18.7 Å². The van der Waals surface area contributed by atoms with Crippen LogP contribution >= 0.6 is 50.3 Å². The van der Waals surface area contributed by atoms with Gasteiger partial charge in [0.1, 0.15) is 0 Å². The molecule has 0 aromatic carbocycles. The Balaban J connectivity index is 2.27. The van der Waals surface area contributed by atoms with Gasteiger partial charge in [0.05, 0.1) is 0 Å². The first-order valence-electron chi connectivity index (χ1n) is 3.31. The second-order valence-electron chi connectivity index (χ2n) is 2.07. The van der Waals surface area contributed by atoms with Crippen molar-refractivity contribution in [3.05, 3.63) is 40.8 Å². The van der Waals surface area contributed by atoms with Crippen molar-refractivity contribution in [2.45, 2.75) is 0 Å². The molecule has 0 saturated heterocycles. The van der Waals surface area contributed by atoms with Gasteiger partial charge in [-0.15, -0.1) is 0 Å². The first-order valence-corrected chi connectivity index (χ1v) is 9.96. The first kappa shape index (κ1) is 8.99. The molecule has 12 heavy (non-hydrogen) atoms. The van der Waals surface area contributed by atoms with Crippen molar-refractivity contribution in [1.29, 1.82) is 0 Å². The molecule has 0 bridgehead atoms. The molecule has 2 aromatic rings. The zero-order chi connectivity index (χ0) is 8.39. The summed E-state index contributed by atoms with van der Waals surface area (Å²) in [5.74, 6) is 0. The number of hydrogen-bond donors (Lipinski definition) is 0. The van der Waals surface area contributed by atoms with Crippen LogP contribution in [0.2, 0.25) is 0 Å². The van der Waals surface area contributed by atoms with Crippen molar-refractivity contribution < 1.29 is 0 Å². The molecule has 0 amide bonds. The molecule has 0 radical (unpaired) electrons.